The van der Waals surface area contributed by atoms with Gasteiger partial charge in [0.1, 0.15) is 30.5 Å². The van der Waals surface area contributed by atoms with Gasteiger partial charge in [-0.3, -0.25) is 9.59 Å². The number of carbonyl (C=O) groups is 2. The Bertz CT molecular complexity index is 816. The number of amides is 2. The Kier molecular flexibility index (Phi) is 11.2. The van der Waals surface area contributed by atoms with Gasteiger partial charge in [-0.2, -0.15) is 24.9 Å². The minimum Gasteiger partial charge on any atom is -0.387 e. The molecule has 2 amide bonds. The molecule has 9 nitrogen and oxygen atoms in total. The lowest BCUT2D eigenvalue weighted by Gasteiger charge is -2.41. The number of hydrogen-bond acceptors (Lipinski definition) is 8. The highest BCUT2D eigenvalue weighted by Crippen LogP contribution is 2.26. The maximum absolute atomic E-state index is 12.8. The van der Waals surface area contributed by atoms with E-state index >= 15 is 0 Å². The van der Waals surface area contributed by atoms with Crippen molar-refractivity contribution in [2.75, 3.05) is 25.5 Å². The number of aliphatic hydroxyl groups is 2. The minimum atomic E-state index is -5.14. The average molecular weight is 525 g/mol. The van der Waals surface area contributed by atoms with Gasteiger partial charge in [0.2, 0.25) is 5.91 Å². The van der Waals surface area contributed by atoms with Crippen LogP contribution in [0.3, 0.4) is 0 Å². The summed E-state index contributed by atoms with van der Waals surface area (Å²) >= 11 is 1.19. The molecular formula is C22H31F3N2O7S. The van der Waals surface area contributed by atoms with Crippen LogP contribution in [0.4, 0.5) is 13.2 Å². The lowest BCUT2D eigenvalue weighted by molar-refractivity contribution is -0.292. The number of nitrogens with one attached hydrogen (secondary N) is 2. The zero-order valence-corrected chi connectivity index (χ0v) is 18.9. The molecule has 1 aromatic rings. The van der Waals surface area contributed by atoms with Gasteiger partial charge in [0.25, 0.3) is 0 Å². The smallest absolute Gasteiger partial charge is 0.387 e. The monoisotopic (exact) mass is 524 g/mol. The van der Waals surface area contributed by atoms with Crippen molar-refractivity contribution in [3.63, 3.8) is 0 Å². The van der Waals surface area contributed by atoms with Gasteiger partial charge in [0, 0.05) is 24.7 Å². The maximum atomic E-state index is 12.8. The predicted octanol–water partition coefficient (Wildman–Crippen LogP) is 0.971. The Morgan fingerprint density at radius 3 is 2.49 bits per heavy atom. The number of benzene rings is 1. The van der Waals surface area contributed by atoms with Crippen molar-refractivity contribution in [3.05, 3.63) is 35.9 Å². The highest BCUT2D eigenvalue weighted by molar-refractivity contribution is 7.98. The molecule has 3 saturated heterocycles. The van der Waals surface area contributed by atoms with Crippen LogP contribution in [0.1, 0.15) is 19.4 Å². The number of fused-ring (bicyclic) bond motifs is 6. The normalized spacial score (nSPS) is 27.5. The molecule has 0 aliphatic carbocycles. The molecule has 6 atom stereocenters. The van der Waals surface area contributed by atoms with Crippen LogP contribution in [0.25, 0.3) is 0 Å². The second-order valence-corrected chi connectivity index (χ2v) is 8.88. The summed E-state index contributed by atoms with van der Waals surface area (Å²) in [5.41, 5.74) is 0.911. The first-order valence-corrected chi connectivity index (χ1v) is 11.8. The SMILES string of the molecule is C.O=C(NCC1OC2OCCCOC1C(O)C2O)[C@H](CSCc1ccccc1)NC(=O)C(F)(F)F. The van der Waals surface area contributed by atoms with Gasteiger partial charge >= 0.3 is 12.1 Å². The van der Waals surface area contributed by atoms with Gasteiger partial charge in [0.05, 0.1) is 6.61 Å². The van der Waals surface area contributed by atoms with E-state index in [1.165, 1.54) is 11.8 Å². The van der Waals surface area contributed by atoms with E-state index in [1.807, 2.05) is 30.3 Å². The highest BCUT2D eigenvalue weighted by atomic mass is 32.2. The van der Waals surface area contributed by atoms with Crippen molar-refractivity contribution in [3.8, 4) is 0 Å². The van der Waals surface area contributed by atoms with Gasteiger partial charge < -0.3 is 35.1 Å². The lowest BCUT2D eigenvalue weighted by atomic mass is 9.98. The van der Waals surface area contributed by atoms with Crippen molar-refractivity contribution in [1.82, 2.24) is 10.6 Å². The number of aliphatic hydroxyl groups excluding tert-OH is 2. The summed E-state index contributed by atoms with van der Waals surface area (Å²) in [7, 11) is 0. The number of rotatable bonds is 8. The van der Waals surface area contributed by atoms with Gasteiger partial charge in [-0.1, -0.05) is 37.8 Å². The molecule has 4 N–H and O–H groups in total. The summed E-state index contributed by atoms with van der Waals surface area (Å²) in [5.74, 6) is -2.76. The van der Waals surface area contributed by atoms with Gasteiger partial charge in [-0.25, -0.2) is 0 Å². The van der Waals surface area contributed by atoms with Crippen LogP contribution in [0.15, 0.2) is 30.3 Å². The van der Waals surface area contributed by atoms with E-state index < -0.39 is 54.7 Å². The van der Waals surface area contributed by atoms with E-state index in [0.29, 0.717) is 12.2 Å². The van der Waals surface area contributed by atoms with E-state index in [1.54, 1.807) is 5.32 Å². The number of carbonyl (C=O) groups excluding carboxylic acids is 2. The summed E-state index contributed by atoms with van der Waals surface area (Å²) in [6.07, 6.45) is -10.4. The second-order valence-electron chi connectivity index (χ2n) is 7.85. The Balaban J connectivity index is 0.00000432. The summed E-state index contributed by atoms with van der Waals surface area (Å²) < 4.78 is 54.9. The van der Waals surface area contributed by atoms with E-state index in [4.69, 9.17) is 14.2 Å². The molecule has 198 valence electrons. The molecule has 0 radical (unpaired) electrons. The largest absolute Gasteiger partial charge is 0.471 e. The third-order valence-electron chi connectivity index (χ3n) is 5.27. The Labute approximate surface area is 205 Å². The van der Waals surface area contributed by atoms with Crippen LogP contribution in [-0.4, -0.2) is 90.5 Å². The summed E-state index contributed by atoms with van der Waals surface area (Å²) in [4.78, 5) is 24.2. The van der Waals surface area contributed by atoms with Crippen molar-refractivity contribution < 1.29 is 47.2 Å². The quantitative estimate of drug-likeness (QED) is 0.397. The first-order chi connectivity index (χ1) is 16.2. The molecule has 35 heavy (non-hydrogen) atoms. The van der Waals surface area contributed by atoms with E-state index in [9.17, 15) is 33.0 Å². The van der Waals surface area contributed by atoms with Crippen molar-refractivity contribution in [2.24, 2.45) is 0 Å². The van der Waals surface area contributed by atoms with Crippen LogP contribution in [0.5, 0.6) is 0 Å². The molecule has 3 fully saturated rings. The molecule has 3 aliphatic rings. The third kappa shape index (κ3) is 8.33. The zero-order chi connectivity index (χ0) is 24.7. The van der Waals surface area contributed by atoms with Crippen LogP contribution < -0.4 is 10.6 Å². The number of ether oxygens (including phenoxy) is 3. The third-order valence-corrected chi connectivity index (χ3v) is 6.38. The predicted molar refractivity (Wildman–Crippen MR) is 121 cm³/mol. The van der Waals surface area contributed by atoms with E-state index in [0.717, 1.165) is 5.56 Å². The minimum absolute atomic E-state index is 0. The first-order valence-electron chi connectivity index (χ1n) is 10.7. The number of halogens is 3. The lowest BCUT2D eigenvalue weighted by Crippen LogP contribution is -2.62. The average Bonchev–Trinajstić information content (AvgIpc) is 2.94. The summed E-state index contributed by atoms with van der Waals surface area (Å²) in [6, 6.07) is 7.65. The van der Waals surface area contributed by atoms with Crippen LogP contribution in [0, 0.1) is 0 Å². The fourth-order valence-electron chi connectivity index (χ4n) is 3.51. The molecule has 3 heterocycles. The molecule has 13 heteroatoms. The number of alkyl halides is 3. The standard InChI is InChI=1S/C21H27F3N2O7S.CH4/c22-21(23,24)20(30)26-13(11-34-10-12-5-2-1-3-6-12)18(29)25-9-14-17-15(27)16(28)19(33-14)32-8-4-7-31-17;/h1-3,5-6,13-17,19,27-28H,4,7-11H2,(H,25,29)(H,26,30);1H4/t13-,14?,15?,16?,17?,19?;/m0./s1. The van der Waals surface area contributed by atoms with Crippen molar-refractivity contribution in [1.29, 1.82) is 0 Å². The highest BCUT2D eigenvalue weighted by Gasteiger charge is 2.47. The van der Waals surface area contributed by atoms with Crippen molar-refractivity contribution in [2.45, 2.75) is 62.5 Å². The molecule has 0 spiro atoms. The fourth-order valence-corrected chi connectivity index (χ4v) is 4.52. The van der Waals surface area contributed by atoms with Gasteiger partial charge in [-0.15, -0.1) is 0 Å². The fraction of sp³-hybridized carbons (Fsp3) is 0.636. The topological polar surface area (TPSA) is 126 Å². The molecular weight excluding hydrogens is 493 g/mol. The Hall–Kier alpha value is -1.90. The van der Waals surface area contributed by atoms with E-state index in [2.05, 4.69) is 5.32 Å². The molecule has 3 aliphatic heterocycles. The zero-order valence-electron chi connectivity index (χ0n) is 18.1. The molecule has 0 aromatic heterocycles. The molecule has 2 bridgehead atoms. The molecule has 5 unspecified atom stereocenters. The molecule has 1 aromatic carbocycles. The Morgan fingerprint density at radius 1 is 1.11 bits per heavy atom. The van der Waals surface area contributed by atoms with Crippen molar-refractivity contribution >= 4 is 23.6 Å². The number of hydrogen-bond donors (Lipinski definition) is 4. The molecule has 0 saturated carbocycles. The van der Waals surface area contributed by atoms with Crippen LogP contribution in [-0.2, 0) is 29.6 Å². The van der Waals surface area contributed by atoms with Gasteiger partial charge in [-0.05, 0) is 12.0 Å². The summed E-state index contributed by atoms with van der Waals surface area (Å²) in [5, 5.41) is 24.7. The van der Waals surface area contributed by atoms with Gasteiger partial charge in [0.15, 0.2) is 6.29 Å². The molecule has 4 rings (SSSR count). The summed E-state index contributed by atoms with van der Waals surface area (Å²) in [6.45, 7) is 0.203. The first kappa shape index (κ1) is 29.3. The van der Waals surface area contributed by atoms with Crippen LogP contribution >= 0.6 is 11.8 Å². The maximum Gasteiger partial charge on any atom is 0.471 e. The van der Waals surface area contributed by atoms with Crippen LogP contribution in [0.2, 0.25) is 0 Å². The number of thioether (sulfide) groups is 1. The van der Waals surface area contributed by atoms with E-state index in [-0.39, 0.29) is 32.9 Å². The Morgan fingerprint density at radius 2 is 1.80 bits per heavy atom. The second kappa shape index (κ2) is 13.4.